The summed E-state index contributed by atoms with van der Waals surface area (Å²) in [6.07, 6.45) is 1.19. The number of aryl methyl sites for hydroxylation is 1. The van der Waals surface area contributed by atoms with Crippen LogP contribution >= 0.6 is 0 Å². The number of furan rings is 1. The van der Waals surface area contributed by atoms with Gasteiger partial charge in [-0.25, -0.2) is 5.43 Å². The minimum absolute atomic E-state index is 0.118. The van der Waals surface area contributed by atoms with Crippen molar-refractivity contribution in [3.8, 4) is 0 Å². The van der Waals surface area contributed by atoms with Crippen molar-refractivity contribution < 1.29 is 4.42 Å². The zero-order valence-corrected chi connectivity index (χ0v) is 11.2. The highest BCUT2D eigenvalue weighted by Gasteiger charge is 2.51. The predicted molar refractivity (Wildman–Crippen MR) is 72.9 cm³/mol. The molecular formula is C15H20N2O. The quantitative estimate of drug-likeness (QED) is 0.643. The van der Waals surface area contributed by atoms with Gasteiger partial charge in [0.05, 0.1) is 6.04 Å². The fourth-order valence-electron chi connectivity index (χ4n) is 2.81. The number of nitrogens with two attached hydrogens (primary N) is 1. The summed E-state index contributed by atoms with van der Waals surface area (Å²) < 4.78 is 5.93. The zero-order chi connectivity index (χ0) is 12.9. The first-order valence-corrected chi connectivity index (χ1v) is 6.47. The Bertz CT molecular complexity index is 585. The first kappa shape index (κ1) is 11.8. The molecule has 0 aliphatic heterocycles. The summed E-state index contributed by atoms with van der Waals surface area (Å²) in [4.78, 5) is 0. The van der Waals surface area contributed by atoms with Gasteiger partial charge in [-0.05, 0) is 42.9 Å². The number of fused-ring (bicyclic) bond motifs is 1. The van der Waals surface area contributed by atoms with E-state index in [9.17, 15) is 0 Å². The molecule has 1 aliphatic rings. The van der Waals surface area contributed by atoms with Gasteiger partial charge in [-0.15, -0.1) is 0 Å². The van der Waals surface area contributed by atoms with Gasteiger partial charge in [-0.2, -0.15) is 0 Å². The second kappa shape index (κ2) is 3.84. The Hall–Kier alpha value is -1.32. The molecule has 1 aliphatic carbocycles. The van der Waals surface area contributed by atoms with Crippen LogP contribution in [0.25, 0.3) is 11.0 Å². The maximum Gasteiger partial charge on any atom is 0.134 e. The van der Waals surface area contributed by atoms with Crippen molar-refractivity contribution in [3.05, 3.63) is 35.6 Å². The van der Waals surface area contributed by atoms with Crippen LogP contribution in [-0.4, -0.2) is 0 Å². The third-order valence-corrected chi connectivity index (χ3v) is 4.17. The molecule has 1 aromatic carbocycles. The van der Waals surface area contributed by atoms with E-state index in [2.05, 4.69) is 44.4 Å². The van der Waals surface area contributed by atoms with Gasteiger partial charge in [0.15, 0.2) is 0 Å². The summed E-state index contributed by atoms with van der Waals surface area (Å²) >= 11 is 0. The van der Waals surface area contributed by atoms with Gasteiger partial charge in [-0.3, -0.25) is 5.84 Å². The molecule has 3 N–H and O–H groups in total. The van der Waals surface area contributed by atoms with Crippen LogP contribution in [0, 0.1) is 18.3 Å². The van der Waals surface area contributed by atoms with E-state index < -0.39 is 0 Å². The topological polar surface area (TPSA) is 51.2 Å². The Labute approximate surface area is 107 Å². The standard InChI is InChI=1S/C15H20N2O/c1-9-4-5-12-10(6-9)7-13(18-12)14(17-16)11-8-15(11,2)3/h4-7,11,14,17H,8,16H2,1-3H3. The first-order chi connectivity index (χ1) is 8.51. The van der Waals surface area contributed by atoms with Gasteiger partial charge < -0.3 is 4.42 Å². The fourth-order valence-corrected chi connectivity index (χ4v) is 2.81. The molecule has 2 unspecified atom stereocenters. The third-order valence-electron chi connectivity index (χ3n) is 4.17. The normalized spacial score (nSPS) is 23.2. The number of hydrogen-bond donors (Lipinski definition) is 2. The van der Waals surface area contributed by atoms with E-state index in [-0.39, 0.29) is 6.04 Å². The van der Waals surface area contributed by atoms with Crippen molar-refractivity contribution in [3.63, 3.8) is 0 Å². The molecule has 1 saturated carbocycles. The van der Waals surface area contributed by atoms with Gasteiger partial charge in [0, 0.05) is 5.39 Å². The average Bonchev–Trinajstić information content (AvgIpc) is 2.74. The Morgan fingerprint density at radius 3 is 2.72 bits per heavy atom. The lowest BCUT2D eigenvalue weighted by Gasteiger charge is -2.14. The van der Waals surface area contributed by atoms with E-state index in [4.69, 9.17) is 10.3 Å². The SMILES string of the molecule is Cc1ccc2oc(C(NN)C3CC3(C)C)cc2c1. The molecule has 0 bridgehead atoms. The van der Waals surface area contributed by atoms with Crippen LogP contribution in [0.5, 0.6) is 0 Å². The van der Waals surface area contributed by atoms with Crippen LogP contribution in [0.4, 0.5) is 0 Å². The molecule has 1 heterocycles. The van der Waals surface area contributed by atoms with Crippen molar-refractivity contribution in [2.75, 3.05) is 0 Å². The first-order valence-electron chi connectivity index (χ1n) is 6.47. The Kier molecular flexibility index (Phi) is 2.50. The van der Waals surface area contributed by atoms with E-state index in [1.165, 1.54) is 12.0 Å². The van der Waals surface area contributed by atoms with Crippen molar-refractivity contribution in [2.45, 2.75) is 33.2 Å². The lowest BCUT2D eigenvalue weighted by molar-refractivity contribution is 0.363. The molecule has 0 amide bonds. The zero-order valence-electron chi connectivity index (χ0n) is 11.2. The van der Waals surface area contributed by atoms with Crippen LogP contribution < -0.4 is 11.3 Å². The smallest absolute Gasteiger partial charge is 0.134 e. The van der Waals surface area contributed by atoms with Gasteiger partial charge in [0.1, 0.15) is 11.3 Å². The molecule has 1 aromatic heterocycles. The molecular weight excluding hydrogens is 224 g/mol. The van der Waals surface area contributed by atoms with Crippen molar-refractivity contribution >= 4 is 11.0 Å². The largest absolute Gasteiger partial charge is 0.459 e. The lowest BCUT2D eigenvalue weighted by atomic mass is 10.0. The van der Waals surface area contributed by atoms with E-state index >= 15 is 0 Å². The number of hydrazine groups is 1. The second-order valence-corrected chi connectivity index (χ2v) is 6.13. The maximum absolute atomic E-state index is 5.93. The van der Waals surface area contributed by atoms with E-state index in [1.807, 2.05) is 6.07 Å². The molecule has 2 aromatic rings. The summed E-state index contributed by atoms with van der Waals surface area (Å²) in [7, 11) is 0. The van der Waals surface area contributed by atoms with Crippen LogP contribution in [0.15, 0.2) is 28.7 Å². The number of hydrogen-bond acceptors (Lipinski definition) is 3. The molecule has 2 atom stereocenters. The fraction of sp³-hybridized carbons (Fsp3) is 0.467. The minimum Gasteiger partial charge on any atom is -0.459 e. The minimum atomic E-state index is 0.118. The molecule has 3 nitrogen and oxygen atoms in total. The highest BCUT2D eigenvalue weighted by Crippen LogP contribution is 2.57. The summed E-state index contributed by atoms with van der Waals surface area (Å²) in [6, 6.07) is 8.48. The number of rotatable bonds is 3. The van der Waals surface area contributed by atoms with Crippen molar-refractivity contribution in [1.82, 2.24) is 5.43 Å². The molecule has 1 fully saturated rings. The van der Waals surface area contributed by atoms with E-state index in [0.717, 1.165) is 16.7 Å². The highest BCUT2D eigenvalue weighted by molar-refractivity contribution is 5.78. The maximum atomic E-state index is 5.93. The lowest BCUT2D eigenvalue weighted by Crippen LogP contribution is -2.30. The molecule has 3 rings (SSSR count). The van der Waals surface area contributed by atoms with Crippen LogP contribution in [0.2, 0.25) is 0 Å². The van der Waals surface area contributed by atoms with E-state index in [0.29, 0.717) is 11.3 Å². The molecule has 3 heteroatoms. The molecule has 0 saturated heterocycles. The van der Waals surface area contributed by atoms with Crippen molar-refractivity contribution in [1.29, 1.82) is 0 Å². The summed E-state index contributed by atoms with van der Waals surface area (Å²) in [6.45, 7) is 6.64. The van der Waals surface area contributed by atoms with Gasteiger partial charge in [-0.1, -0.05) is 25.5 Å². The number of nitrogens with one attached hydrogen (secondary N) is 1. The van der Waals surface area contributed by atoms with Gasteiger partial charge in [0.2, 0.25) is 0 Å². The van der Waals surface area contributed by atoms with E-state index in [1.54, 1.807) is 0 Å². The second-order valence-electron chi connectivity index (χ2n) is 6.13. The summed E-state index contributed by atoms with van der Waals surface area (Å²) in [5.41, 5.74) is 5.47. The predicted octanol–water partition coefficient (Wildman–Crippen LogP) is 3.29. The Morgan fingerprint density at radius 2 is 2.11 bits per heavy atom. The highest BCUT2D eigenvalue weighted by atomic mass is 16.3. The molecule has 0 spiro atoms. The third kappa shape index (κ3) is 1.84. The van der Waals surface area contributed by atoms with Gasteiger partial charge in [0.25, 0.3) is 0 Å². The Morgan fingerprint density at radius 1 is 1.39 bits per heavy atom. The molecule has 0 radical (unpaired) electrons. The summed E-state index contributed by atoms with van der Waals surface area (Å²) in [5.74, 6) is 7.22. The number of benzene rings is 1. The van der Waals surface area contributed by atoms with Crippen LogP contribution in [-0.2, 0) is 0 Å². The summed E-state index contributed by atoms with van der Waals surface area (Å²) in [5, 5.41) is 1.16. The van der Waals surface area contributed by atoms with Gasteiger partial charge >= 0.3 is 0 Å². The van der Waals surface area contributed by atoms with Crippen molar-refractivity contribution in [2.24, 2.45) is 17.2 Å². The molecule has 18 heavy (non-hydrogen) atoms. The van der Waals surface area contributed by atoms with Crippen LogP contribution in [0.1, 0.15) is 37.6 Å². The monoisotopic (exact) mass is 244 g/mol. The van der Waals surface area contributed by atoms with Crippen LogP contribution in [0.3, 0.4) is 0 Å². The Balaban J connectivity index is 1.98. The molecule has 96 valence electrons. The average molecular weight is 244 g/mol.